The van der Waals surface area contributed by atoms with Crippen molar-refractivity contribution in [2.45, 2.75) is 62.3 Å². The van der Waals surface area contributed by atoms with Gasteiger partial charge in [-0.1, -0.05) is 0 Å². The van der Waals surface area contributed by atoms with Crippen molar-refractivity contribution >= 4 is 5.91 Å². The molecule has 2 unspecified atom stereocenters. The molecule has 2 aliphatic rings. The second-order valence-corrected chi connectivity index (χ2v) is 6.11. The third-order valence-electron chi connectivity index (χ3n) is 4.39. The van der Waals surface area contributed by atoms with E-state index >= 15 is 0 Å². The van der Waals surface area contributed by atoms with Gasteiger partial charge in [-0.3, -0.25) is 4.79 Å². The third-order valence-corrected chi connectivity index (χ3v) is 4.39. The summed E-state index contributed by atoms with van der Waals surface area (Å²) < 4.78 is 36.8. The van der Waals surface area contributed by atoms with E-state index in [0.717, 1.165) is 12.8 Å². The van der Waals surface area contributed by atoms with E-state index in [1.807, 2.05) is 0 Å². The minimum atomic E-state index is -4.14. The van der Waals surface area contributed by atoms with Crippen LogP contribution < -0.4 is 11.1 Å². The molecule has 20 heavy (non-hydrogen) atoms. The van der Waals surface area contributed by atoms with Crippen molar-refractivity contribution in [3.8, 4) is 0 Å². The molecular formula is C13H22F3N3O. The van der Waals surface area contributed by atoms with Gasteiger partial charge >= 0.3 is 6.18 Å². The van der Waals surface area contributed by atoms with Crippen LogP contribution in [0.5, 0.6) is 0 Å². The molecule has 116 valence electrons. The second kappa shape index (κ2) is 5.52. The smallest absolute Gasteiger partial charge is 0.368 e. The molecule has 0 radical (unpaired) electrons. The van der Waals surface area contributed by atoms with E-state index in [0.29, 0.717) is 25.3 Å². The fourth-order valence-electron chi connectivity index (χ4n) is 2.93. The molecule has 0 aliphatic heterocycles. The van der Waals surface area contributed by atoms with Crippen LogP contribution in [0.1, 0.15) is 38.5 Å². The van der Waals surface area contributed by atoms with Gasteiger partial charge in [0.25, 0.3) is 0 Å². The van der Waals surface area contributed by atoms with E-state index in [4.69, 9.17) is 5.73 Å². The Labute approximate surface area is 116 Å². The van der Waals surface area contributed by atoms with Gasteiger partial charge < -0.3 is 16.0 Å². The van der Waals surface area contributed by atoms with Gasteiger partial charge in [0.05, 0.1) is 12.0 Å². The number of hydrogen-bond donors (Lipinski definition) is 2. The van der Waals surface area contributed by atoms with Crippen molar-refractivity contribution in [3.63, 3.8) is 0 Å². The molecule has 0 aromatic rings. The molecule has 4 nitrogen and oxygen atoms in total. The summed E-state index contributed by atoms with van der Waals surface area (Å²) in [5, 5.41) is 3.30. The third kappa shape index (κ3) is 3.85. The molecule has 0 aromatic carbocycles. The Morgan fingerprint density at radius 2 is 2.05 bits per heavy atom. The number of nitrogens with one attached hydrogen (secondary N) is 1. The highest BCUT2D eigenvalue weighted by atomic mass is 19.4. The van der Waals surface area contributed by atoms with Crippen molar-refractivity contribution in [2.24, 2.45) is 5.73 Å². The number of amides is 1. The van der Waals surface area contributed by atoms with E-state index < -0.39 is 18.1 Å². The Bertz CT molecular complexity index is 370. The lowest BCUT2D eigenvalue weighted by Crippen LogP contribution is -2.55. The van der Waals surface area contributed by atoms with Crippen molar-refractivity contribution in [1.29, 1.82) is 0 Å². The molecule has 2 rings (SSSR count). The number of rotatable bonds is 6. The molecule has 0 spiro atoms. The van der Waals surface area contributed by atoms with Crippen LogP contribution in [0.15, 0.2) is 0 Å². The molecule has 0 saturated heterocycles. The first kappa shape index (κ1) is 15.6. The Kier molecular flexibility index (Phi) is 4.30. The highest BCUT2D eigenvalue weighted by molar-refractivity contribution is 5.85. The molecule has 2 saturated carbocycles. The number of hydrogen-bond acceptors (Lipinski definition) is 3. The van der Waals surface area contributed by atoms with Crippen molar-refractivity contribution in [2.75, 3.05) is 13.6 Å². The van der Waals surface area contributed by atoms with Gasteiger partial charge in [-0.2, -0.15) is 13.2 Å². The molecular weight excluding hydrogens is 271 g/mol. The first-order valence-electron chi connectivity index (χ1n) is 7.06. The number of nitrogens with zero attached hydrogens (tertiary/aromatic N) is 1. The van der Waals surface area contributed by atoms with Gasteiger partial charge in [0.2, 0.25) is 5.91 Å². The summed E-state index contributed by atoms with van der Waals surface area (Å²) in [4.78, 5) is 13.4. The van der Waals surface area contributed by atoms with Crippen molar-refractivity contribution < 1.29 is 18.0 Å². The normalized spacial score (nSPS) is 30.9. The number of nitrogens with two attached hydrogens (primary N) is 1. The SMILES string of the molecule is CN(CCC(F)(F)F)C1CCC(NC2CC2)(C(N)=O)C1. The second-order valence-electron chi connectivity index (χ2n) is 6.11. The first-order chi connectivity index (χ1) is 9.22. The maximum atomic E-state index is 12.3. The molecule has 2 aliphatic carbocycles. The lowest BCUT2D eigenvalue weighted by Gasteiger charge is -2.30. The maximum Gasteiger partial charge on any atom is 0.390 e. The molecule has 3 N–H and O–H groups in total. The number of carbonyl (C=O) groups excluding carboxylic acids is 1. The lowest BCUT2D eigenvalue weighted by molar-refractivity contribution is -0.138. The van der Waals surface area contributed by atoms with Crippen molar-refractivity contribution in [3.05, 3.63) is 0 Å². The maximum absolute atomic E-state index is 12.3. The quantitative estimate of drug-likeness (QED) is 0.778. The number of primary amides is 1. The topological polar surface area (TPSA) is 58.4 Å². The summed E-state index contributed by atoms with van der Waals surface area (Å²) in [5.41, 5.74) is 4.79. The van der Waals surface area contributed by atoms with Crippen LogP contribution in [0.25, 0.3) is 0 Å². The summed E-state index contributed by atoms with van der Waals surface area (Å²) >= 11 is 0. The van der Waals surface area contributed by atoms with Crippen LogP contribution in [0.3, 0.4) is 0 Å². The van der Waals surface area contributed by atoms with Crippen LogP contribution in [-0.4, -0.2) is 48.2 Å². The van der Waals surface area contributed by atoms with Gasteiger partial charge in [-0.05, 0) is 39.2 Å². The molecule has 0 bridgehead atoms. The zero-order valence-corrected chi connectivity index (χ0v) is 11.7. The Balaban J connectivity index is 1.90. The van der Waals surface area contributed by atoms with Gasteiger partial charge in [-0.25, -0.2) is 0 Å². The average molecular weight is 293 g/mol. The summed E-state index contributed by atoms with van der Waals surface area (Å²) in [5.74, 6) is -0.379. The lowest BCUT2D eigenvalue weighted by atomic mass is 9.96. The van der Waals surface area contributed by atoms with Crippen LogP contribution in [-0.2, 0) is 4.79 Å². The molecule has 1 amide bonds. The predicted octanol–water partition coefficient (Wildman–Crippen LogP) is 1.40. The highest BCUT2D eigenvalue weighted by Gasteiger charge is 2.47. The van der Waals surface area contributed by atoms with E-state index in [1.54, 1.807) is 11.9 Å². The van der Waals surface area contributed by atoms with Crippen molar-refractivity contribution in [1.82, 2.24) is 10.2 Å². The summed E-state index contributed by atoms with van der Waals surface area (Å²) in [6.45, 7) is -0.0353. The van der Waals surface area contributed by atoms with Crippen LogP contribution in [0.2, 0.25) is 0 Å². The van der Waals surface area contributed by atoms with Gasteiger partial charge in [0.15, 0.2) is 0 Å². The first-order valence-corrected chi connectivity index (χ1v) is 7.06. The molecule has 2 atom stereocenters. The summed E-state index contributed by atoms with van der Waals surface area (Å²) in [6.07, 6.45) is -1.04. The van der Waals surface area contributed by atoms with E-state index in [-0.39, 0.29) is 18.5 Å². The van der Waals surface area contributed by atoms with E-state index in [2.05, 4.69) is 5.32 Å². The number of halogens is 3. The standard InChI is InChI=1S/C13H22F3N3O/c1-19(7-6-13(14,15)16)10-4-5-12(8-10,11(17)20)18-9-2-3-9/h9-10,18H,2-8H2,1H3,(H2,17,20). The summed E-state index contributed by atoms with van der Waals surface area (Å²) in [7, 11) is 1.69. The highest BCUT2D eigenvalue weighted by Crippen LogP contribution is 2.36. The Hall–Kier alpha value is -0.820. The Morgan fingerprint density at radius 3 is 2.55 bits per heavy atom. The molecule has 0 heterocycles. The van der Waals surface area contributed by atoms with E-state index in [9.17, 15) is 18.0 Å². The zero-order valence-electron chi connectivity index (χ0n) is 11.7. The zero-order chi connectivity index (χ0) is 15.0. The fraction of sp³-hybridized carbons (Fsp3) is 0.923. The molecule has 2 fully saturated rings. The summed E-state index contributed by atoms with van der Waals surface area (Å²) in [6, 6.07) is 0.331. The van der Waals surface area contributed by atoms with Gasteiger partial charge in [0.1, 0.15) is 0 Å². The number of carbonyl (C=O) groups is 1. The average Bonchev–Trinajstić information content (AvgIpc) is 3.02. The predicted molar refractivity (Wildman–Crippen MR) is 69.0 cm³/mol. The fourth-order valence-corrected chi connectivity index (χ4v) is 2.93. The van der Waals surface area contributed by atoms with Gasteiger partial charge in [0, 0.05) is 18.6 Å². The van der Waals surface area contributed by atoms with Crippen LogP contribution in [0, 0.1) is 0 Å². The van der Waals surface area contributed by atoms with E-state index in [1.165, 1.54) is 0 Å². The Morgan fingerprint density at radius 1 is 1.40 bits per heavy atom. The molecule has 7 heteroatoms. The van der Waals surface area contributed by atoms with Gasteiger partial charge in [-0.15, -0.1) is 0 Å². The largest absolute Gasteiger partial charge is 0.390 e. The minimum absolute atomic E-state index is 0.0175. The minimum Gasteiger partial charge on any atom is -0.368 e. The van der Waals surface area contributed by atoms with Crippen LogP contribution in [0.4, 0.5) is 13.2 Å². The number of alkyl halides is 3. The monoisotopic (exact) mass is 293 g/mol. The van der Waals surface area contributed by atoms with Crippen LogP contribution >= 0.6 is 0 Å². The molecule has 0 aromatic heterocycles.